The fourth-order valence-electron chi connectivity index (χ4n) is 2.02. The Morgan fingerprint density at radius 2 is 1.86 bits per heavy atom. The van der Waals surface area contributed by atoms with Crippen LogP contribution in [-0.2, 0) is 9.59 Å². The van der Waals surface area contributed by atoms with Crippen molar-refractivity contribution < 1.29 is 9.59 Å². The third-order valence-electron chi connectivity index (χ3n) is 3.34. The predicted molar refractivity (Wildman–Crippen MR) is 84.5 cm³/mol. The van der Waals surface area contributed by atoms with Crippen LogP contribution in [0, 0.1) is 17.8 Å². The highest BCUT2D eigenvalue weighted by Gasteiger charge is 2.47. The summed E-state index contributed by atoms with van der Waals surface area (Å²) in [4.78, 5) is 23.9. The molecule has 21 heavy (non-hydrogen) atoms. The number of hydrogen-bond donors (Lipinski definition) is 2. The topological polar surface area (TPSA) is 58.2 Å². The molecule has 0 aromatic heterocycles. The second-order valence-electron chi connectivity index (χ2n) is 5.71. The molecule has 2 unspecified atom stereocenters. The van der Waals surface area contributed by atoms with E-state index in [2.05, 4.69) is 10.6 Å². The minimum Gasteiger partial charge on any atom is -0.356 e. The number of rotatable bonds is 5. The molecule has 2 rings (SSSR count). The van der Waals surface area contributed by atoms with Crippen LogP contribution in [0.15, 0.2) is 18.2 Å². The summed E-state index contributed by atoms with van der Waals surface area (Å²) in [5.74, 6) is -0.273. The first-order valence-electron chi connectivity index (χ1n) is 6.92. The molecule has 0 saturated heterocycles. The molecule has 2 atom stereocenters. The average Bonchev–Trinajstić information content (AvgIpc) is 3.20. The second-order valence-corrected chi connectivity index (χ2v) is 6.52. The van der Waals surface area contributed by atoms with E-state index in [1.165, 1.54) is 0 Å². The minimum atomic E-state index is -0.258. The van der Waals surface area contributed by atoms with E-state index < -0.39 is 0 Å². The van der Waals surface area contributed by atoms with Gasteiger partial charge in [-0.25, -0.2) is 0 Å². The number of amides is 2. The van der Waals surface area contributed by atoms with Gasteiger partial charge in [-0.2, -0.15) is 0 Å². The van der Waals surface area contributed by atoms with Crippen LogP contribution in [0.1, 0.15) is 20.3 Å². The molecular formula is C15H18Cl2N2O2. The van der Waals surface area contributed by atoms with Crippen molar-refractivity contribution in [1.29, 1.82) is 0 Å². The van der Waals surface area contributed by atoms with E-state index in [0.717, 1.165) is 0 Å². The summed E-state index contributed by atoms with van der Waals surface area (Å²) in [5.41, 5.74) is 0.586. The van der Waals surface area contributed by atoms with Gasteiger partial charge in [-0.3, -0.25) is 9.59 Å². The lowest BCUT2D eigenvalue weighted by Gasteiger charge is -2.08. The Balaban J connectivity index is 1.85. The van der Waals surface area contributed by atoms with Gasteiger partial charge in [0.25, 0.3) is 0 Å². The molecular weight excluding hydrogens is 311 g/mol. The molecule has 0 bridgehead atoms. The van der Waals surface area contributed by atoms with E-state index >= 15 is 0 Å². The Kier molecular flexibility index (Phi) is 5.12. The molecule has 6 heteroatoms. The lowest BCUT2D eigenvalue weighted by atomic mass is 10.2. The average molecular weight is 329 g/mol. The number of halogens is 2. The molecule has 1 fully saturated rings. The standard InChI is InChI=1S/C15H18Cl2N2O2/c1-8(2)7-18-14(20)10-6-11(10)15(21)19-9-3-4-12(16)13(17)5-9/h3-5,8,10-11H,6-7H2,1-2H3,(H,18,20)(H,19,21). The van der Waals surface area contributed by atoms with Crippen molar-refractivity contribution in [2.45, 2.75) is 20.3 Å². The zero-order valence-electron chi connectivity index (χ0n) is 12.0. The van der Waals surface area contributed by atoms with Gasteiger partial charge in [-0.15, -0.1) is 0 Å². The monoisotopic (exact) mass is 328 g/mol. The van der Waals surface area contributed by atoms with E-state index in [1.807, 2.05) is 13.8 Å². The molecule has 0 heterocycles. The van der Waals surface area contributed by atoms with Gasteiger partial charge >= 0.3 is 0 Å². The van der Waals surface area contributed by atoms with Gasteiger partial charge in [0.15, 0.2) is 0 Å². The first kappa shape index (κ1) is 16.1. The molecule has 2 amide bonds. The molecule has 2 N–H and O–H groups in total. The van der Waals surface area contributed by atoms with Gasteiger partial charge in [0.05, 0.1) is 21.9 Å². The van der Waals surface area contributed by atoms with Crippen LogP contribution >= 0.6 is 23.2 Å². The largest absolute Gasteiger partial charge is 0.356 e. The van der Waals surface area contributed by atoms with E-state index in [9.17, 15) is 9.59 Å². The quantitative estimate of drug-likeness (QED) is 0.870. The maximum Gasteiger partial charge on any atom is 0.228 e. The SMILES string of the molecule is CC(C)CNC(=O)C1CC1C(=O)Nc1ccc(Cl)c(Cl)c1. The molecule has 1 aromatic carbocycles. The highest BCUT2D eigenvalue weighted by Crippen LogP contribution is 2.39. The third kappa shape index (κ3) is 4.35. The molecule has 1 aliphatic rings. The number of benzene rings is 1. The van der Waals surface area contributed by atoms with Gasteiger partial charge in [0.1, 0.15) is 0 Å². The summed E-state index contributed by atoms with van der Waals surface area (Å²) in [7, 11) is 0. The van der Waals surface area contributed by atoms with Gasteiger partial charge < -0.3 is 10.6 Å². The van der Waals surface area contributed by atoms with Gasteiger partial charge in [-0.05, 0) is 30.5 Å². The normalized spacial score (nSPS) is 20.2. The Bertz CT molecular complexity index is 561. The fraction of sp³-hybridized carbons (Fsp3) is 0.467. The smallest absolute Gasteiger partial charge is 0.228 e. The van der Waals surface area contributed by atoms with E-state index in [0.29, 0.717) is 34.6 Å². The number of carbonyl (C=O) groups excluding carboxylic acids is 2. The lowest BCUT2D eigenvalue weighted by Crippen LogP contribution is -2.30. The van der Waals surface area contributed by atoms with E-state index in [-0.39, 0.29) is 23.7 Å². The highest BCUT2D eigenvalue weighted by molar-refractivity contribution is 6.42. The molecule has 114 valence electrons. The molecule has 4 nitrogen and oxygen atoms in total. The van der Waals surface area contributed by atoms with Crippen molar-refractivity contribution in [2.24, 2.45) is 17.8 Å². The summed E-state index contributed by atoms with van der Waals surface area (Å²) in [6, 6.07) is 4.90. The molecule has 1 aliphatic carbocycles. The van der Waals surface area contributed by atoms with Crippen molar-refractivity contribution in [3.05, 3.63) is 28.2 Å². The molecule has 1 aromatic rings. The van der Waals surface area contributed by atoms with Crippen LogP contribution < -0.4 is 10.6 Å². The number of carbonyl (C=O) groups is 2. The minimum absolute atomic E-state index is 0.0435. The molecule has 0 aliphatic heterocycles. The first-order chi connectivity index (χ1) is 9.88. The highest BCUT2D eigenvalue weighted by atomic mass is 35.5. The maximum atomic E-state index is 12.1. The van der Waals surface area contributed by atoms with Gasteiger partial charge in [-0.1, -0.05) is 37.0 Å². The van der Waals surface area contributed by atoms with E-state index in [1.54, 1.807) is 18.2 Å². The number of anilines is 1. The van der Waals surface area contributed by atoms with Crippen molar-refractivity contribution in [2.75, 3.05) is 11.9 Å². The van der Waals surface area contributed by atoms with Crippen LogP contribution in [0.3, 0.4) is 0 Å². The van der Waals surface area contributed by atoms with Crippen molar-refractivity contribution in [3.63, 3.8) is 0 Å². The van der Waals surface area contributed by atoms with Crippen LogP contribution in [0.4, 0.5) is 5.69 Å². The van der Waals surface area contributed by atoms with Crippen LogP contribution in [-0.4, -0.2) is 18.4 Å². The first-order valence-corrected chi connectivity index (χ1v) is 7.67. The zero-order chi connectivity index (χ0) is 15.6. The maximum absolute atomic E-state index is 12.1. The summed E-state index contributed by atoms with van der Waals surface area (Å²) < 4.78 is 0. The van der Waals surface area contributed by atoms with Gasteiger partial charge in [0, 0.05) is 12.2 Å². The Labute approximate surface area is 134 Å². The van der Waals surface area contributed by atoms with Crippen molar-refractivity contribution >= 4 is 40.7 Å². The third-order valence-corrected chi connectivity index (χ3v) is 4.07. The molecule has 0 radical (unpaired) electrons. The van der Waals surface area contributed by atoms with Crippen LogP contribution in [0.25, 0.3) is 0 Å². The summed E-state index contributed by atoms with van der Waals surface area (Å²) in [6.07, 6.45) is 0.594. The summed E-state index contributed by atoms with van der Waals surface area (Å²) in [6.45, 7) is 4.69. The molecule has 1 saturated carbocycles. The second kappa shape index (κ2) is 6.67. The number of nitrogens with one attached hydrogen (secondary N) is 2. The zero-order valence-corrected chi connectivity index (χ0v) is 13.5. The van der Waals surface area contributed by atoms with Crippen LogP contribution in [0.2, 0.25) is 10.0 Å². The summed E-state index contributed by atoms with van der Waals surface area (Å²) in [5, 5.41) is 6.43. The predicted octanol–water partition coefficient (Wildman–Crippen LogP) is 3.34. The Hall–Kier alpha value is -1.26. The Morgan fingerprint density at radius 1 is 1.19 bits per heavy atom. The molecule has 0 spiro atoms. The van der Waals surface area contributed by atoms with Crippen molar-refractivity contribution in [3.8, 4) is 0 Å². The number of hydrogen-bond acceptors (Lipinski definition) is 2. The summed E-state index contributed by atoms with van der Waals surface area (Å²) >= 11 is 11.7. The van der Waals surface area contributed by atoms with E-state index in [4.69, 9.17) is 23.2 Å². The lowest BCUT2D eigenvalue weighted by molar-refractivity contribution is -0.125. The van der Waals surface area contributed by atoms with Gasteiger partial charge in [0.2, 0.25) is 11.8 Å². The van der Waals surface area contributed by atoms with Crippen LogP contribution in [0.5, 0.6) is 0 Å². The Morgan fingerprint density at radius 3 is 2.48 bits per heavy atom. The fourth-order valence-corrected chi connectivity index (χ4v) is 2.32. The van der Waals surface area contributed by atoms with Crippen molar-refractivity contribution in [1.82, 2.24) is 5.32 Å².